The van der Waals surface area contributed by atoms with Crippen LogP contribution in [0.2, 0.25) is 0 Å². The fourth-order valence-electron chi connectivity index (χ4n) is 1.25. The maximum atomic E-state index is 11.2. The van der Waals surface area contributed by atoms with E-state index in [1.165, 1.54) is 12.4 Å². The van der Waals surface area contributed by atoms with E-state index in [2.05, 4.69) is 34.8 Å². The molecule has 0 amide bonds. The van der Waals surface area contributed by atoms with Gasteiger partial charge in [0.15, 0.2) is 0 Å². The molecule has 3 heterocycles. The van der Waals surface area contributed by atoms with Crippen molar-refractivity contribution >= 4 is 0 Å². The van der Waals surface area contributed by atoms with E-state index >= 15 is 0 Å². The molecule has 18 heavy (non-hydrogen) atoms. The maximum Gasteiger partial charge on any atom is 0.264 e. The number of rotatable bonds is 2. The lowest BCUT2D eigenvalue weighted by Crippen LogP contribution is -2.27. The van der Waals surface area contributed by atoms with Crippen molar-refractivity contribution in [1.82, 2.24) is 25.5 Å². The number of hydrogen-bond acceptors (Lipinski definition) is 9. The first-order valence-electron chi connectivity index (χ1n) is 4.55. The zero-order valence-corrected chi connectivity index (χ0v) is 8.50. The van der Waals surface area contributed by atoms with E-state index < -0.39 is 0 Å². The molecule has 0 saturated carbocycles. The zero-order chi connectivity index (χ0) is 12.5. The van der Waals surface area contributed by atoms with E-state index in [4.69, 9.17) is 0 Å². The molecule has 3 aromatic heterocycles. The molecule has 0 bridgehead atoms. The Morgan fingerprint density at radius 3 is 2.22 bits per heavy atom. The second-order valence-corrected chi connectivity index (χ2v) is 3.08. The summed E-state index contributed by atoms with van der Waals surface area (Å²) in [5.41, 5.74) is 0.163. The van der Waals surface area contributed by atoms with Crippen molar-refractivity contribution in [1.29, 1.82) is 0 Å². The molecule has 0 fully saturated rings. The molecule has 0 aromatic carbocycles. The van der Waals surface area contributed by atoms with Crippen LogP contribution < -0.4 is 9.81 Å². The first kappa shape index (κ1) is 10.1. The summed E-state index contributed by atoms with van der Waals surface area (Å²) in [5.74, 6) is -0.0371. The molecular formula is C7H3N7O4. The van der Waals surface area contributed by atoms with E-state index in [-0.39, 0.29) is 32.7 Å². The van der Waals surface area contributed by atoms with E-state index in [1.807, 2.05) is 0 Å². The summed E-state index contributed by atoms with van der Waals surface area (Å²) in [4.78, 5) is 4.25. The van der Waals surface area contributed by atoms with Crippen LogP contribution in [0, 0.1) is 10.4 Å². The van der Waals surface area contributed by atoms with Crippen molar-refractivity contribution in [3.63, 3.8) is 0 Å². The third-order valence-electron chi connectivity index (χ3n) is 2.04. The van der Waals surface area contributed by atoms with Gasteiger partial charge in [-0.3, -0.25) is 9.26 Å². The smallest absolute Gasteiger partial charge is 0.264 e. The highest BCUT2D eigenvalue weighted by molar-refractivity contribution is 5.52. The summed E-state index contributed by atoms with van der Waals surface area (Å²) in [6.07, 6.45) is 3.53. The molecule has 0 aliphatic rings. The fourth-order valence-corrected chi connectivity index (χ4v) is 1.25. The van der Waals surface area contributed by atoms with Gasteiger partial charge in [-0.1, -0.05) is 0 Å². The molecule has 3 aromatic rings. The topological polar surface area (TPSA) is 145 Å². The Morgan fingerprint density at radius 1 is 0.944 bits per heavy atom. The van der Waals surface area contributed by atoms with Crippen LogP contribution in [-0.4, -0.2) is 25.5 Å². The highest BCUT2D eigenvalue weighted by Gasteiger charge is 2.18. The van der Waals surface area contributed by atoms with Crippen LogP contribution in [0.3, 0.4) is 0 Å². The molecule has 90 valence electrons. The second kappa shape index (κ2) is 3.73. The van der Waals surface area contributed by atoms with Gasteiger partial charge in [0.05, 0.1) is 6.20 Å². The Bertz CT molecular complexity index is 637. The molecule has 11 nitrogen and oxygen atoms in total. The lowest BCUT2D eigenvalue weighted by atomic mass is 10.3. The molecule has 0 aliphatic heterocycles. The highest BCUT2D eigenvalue weighted by atomic mass is 16.8. The van der Waals surface area contributed by atoms with E-state index in [1.54, 1.807) is 0 Å². The zero-order valence-electron chi connectivity index (χ0n) is 8.50. The van der Waals surface area contributed by atoms with Crippen LogP contribution in [0.5, 0.6) is 0 Å². The normalized spacial score (nSPS) is 10.7. The number of hydrogen-bond donors (Lipinski definition) is 0. The van der Waals surface area contributed by atoms with Gasteiger partial charge in [0.1, 0.15) is 5.69 Å². The molecule has 0 spiro atoms. The minimum absolute atomic E-state index is 0.0294. The van der Waals surface area contributed by atoms with Gasteiger partial charge in [-0.25, -0.2) is 4.98 Å². The molecule has 3 rings (SSSR count). The fraction of sp³-hybridized carbons (Fsp3) is 0. The van der Waals surface area contributed by atoms with Crippen molar-refractivity contribution in [2.75, 3.05) is 0 Å². The Labute approximate surface area is 97.4 Å². The van der Waals surface area contributed by atoms with E-state index in [0.717, 1.165) is 6.20 Å². The van der Waals surface area contributed by atoms with Gasteiger partial charge in [0.2, 0.25) is 23.9 Å². The van der Waals surface area contributed by atoms with Crippen molar-refractivity contribution in [2.24, 2.45) is 0 Å². The minimum Gasteiger partial charge on any atom is -0.359 e. The maximum absolute atomic E-state index is 11.2. The van der Waals surface area contributed by atoms with Gasteiger partial charge in [-0.05, 0) is 9.81 Å². The average Bonchev–Trinajstić information content (AvgIpc) is 2.98. The standard InChI is InChI=1S/C7H3N7O4/c15-13-5(2-9-17-13)4-1-8-12-7(11-4)6-3-10-18-14(6)16/h1-3H. The second-order valence-electron chi connectivity index (χ2n) is 3.08. The van der Waals surface area contributed by atoms with Crippen molar-refractivity contribution in [3.8, 4) is 22.9 Å². The Balaban J connectivity index is 2.11. The van der Waals surface area contributed by atoms with Crippen LogP contribution in [0.15, 0.2) is 27.8 Å². The first-order valence-corrected chi connectivity index (χ1v) is 4.55. The van der Waals surface area contributed by atoms with E-state index in [0.29, 0.717) is 0 Å². The largest absolute Gasteiger partial charge is 0.359 e. The number of nitrogens with zero attached hydrogens (tertiary/aromatic N) is 7. The summed E-state index contributed by atoms with van der Waals surface area (Å²) in [7, 11) is 0. The van der Waals surface area contributed by atoms with Gasteiger partial charge >= 0.3 is 0 Å². The quantitative estimate of drug-likeness (QED) is 0.492. The lowest BCUT2D eigenvalue weighted by Gasteiger charge is -1.97. The van der Waals surface area contributed by atoms with Crippen LogP contribution in [-0.2, 0) is 0 Å². The third-order valence-corrected chi connectivity index (χ3v) is 2.04. The third kappa shape index (κ3) is 1.50. The van der Waals surface area contributed by atoms with Crippen LogP contribution in [0.4, 0.5) is 0 Å². The SMILES string of the molecule is [O-][n+]1oncc1-c1cnnc(-c2cno[n+]2[O-])n1. The Hall–Kier alpha value is -3.11. The van der Waals surface area contributed by atoms with E-state index in [9.17, 15) is 10.4 Å². The van der Waals surface area contributed by atoms with Gasteiger partial charge in [-0.15, -0.1) is 5.10 Å². The predicted octanol–water partition coefficient (Wildman–Crippen LogP) is -1.55. The Kier molecular flexibility index (Phi) is 2.08. The summed E-state index contributed by atoms with van der Waals surface area (Å²) in [5, 5.41) is 36.2. The van der Waals surface area contributed by atoms with Gasteiger partial charge in [0.25, 0.3) is 5.69 Å². The van der Waals surface area contributed by atoms with Gasteiger partial charge < -0.3 is 10.4 Å². The summed E-state index contributed by atoms with van der Waals surface area (Å²) in [6.45, 7) is 0. The van der Waals surface area contributed by atoms with Crippen LogP contribution in [0.1, 0.15) is 0 Å². The van der Waals surface area contributed by atoms with Crippen LogP contribution in [0.25, 0.3) is 22.9 Å². The minimum atomic E-state index is -0.0371. The summed E-state index contributed by atoms with van der Waals surface area (Å²) >= 11 is 0. The molecule has 0 saturated heterocycles. The number of aromatic nitrogens is 7. The van der Waals surface area contributed by atoms with Crippen molar-refractivity contribution in [2.45, 2.75) is 0 Å². The molecular weight excluding hydrogens is 246 g/mol. The molecule has 11 heteroatoms. The lowest BCUT2D eigenvalue weighted by molar-refractivity contribution is -0.794. The monoisotopic (exact) mass is 249 g/mol. The summed E-state index contributed by atoms with van der Waals surface area (Å²) < 4.78 is 8.58. The highest BCUT2D eigenvalue weighted by Crippen LogP contribution is 2.13. The molecule has 0 unspecified atom stereocenters. The molecule has 0 aliphatic carbocycles. The van der Waals surface area contributed by atoms with Crippen molar-refractivity contribution < 1.29 is 19.1 Å². The molecule has 0 N–H and O–H groups in total. The first-order chi connectivity index (χ1) is 8.75. The summed E-state index contributed by atoms with van der Waals surface area (Å²) in [6, 6.07) is 0. The van der Waals surface area contributed by atoms with Gasteiger partial charge in [-0.2, -0.15) is 5.10 Å². The molecule has 0 radical (unpaired) electrons. The molecule has 0 atom stereocenters. The van der Waals surface area contributed by atoms with Gasteiger partial charge in [0, 0.05) is 10.3 Å². The van der Waals surface area contributed by atoms with Crippen molar-refractivity contribution in [3.05, 3.63) is 29.0 Å². The Morgan fingerprint density at radius 2 is 1.61 bits per heavy atom. The average molecular weight is 249 g/mol. The predicted molar refractivity (Wildman–Crippen MR) is 48.7 cm³/mol. The van der Waals surface area contributed by atoms with Crippen LogP contribution >= 0.6 is 0 Å².